The number of fused-ring (bicyclic) bond motifs is 1. The van der Waals surface area contributed by atoms with Crippen molar-refractivity contribution in [1.82, 2.24) is 25.1 Å². The van der Waals surface area contributed by atoms with Gasteiger partial charge in [-0.2, -0.15) is 0 Å². The van der Waals surface area contributed by atoms with Crippen LogP contribution in [0.1, 0.15) is 28.8 Å². The van der Waals surface area contributed by atoms with Crippen LogP contribution in [-0.4, -0.2) is 78.0 Å². The summed E-state index contributed by atoms with van der Waals surface area (Å²) < 4.78 is 1.10. The summed E-state index contributed by atoms with van der Waals surface area (Å²) in [5.74, 6) is 0.678. The van der Waals surface area contributed by atoms with Crippen molar-refractivity contribution >= 4 is 33.3 Å². The first-order valence-corrected chi connectivity index (χ1v) is 12.2. The van der Waals surface area contributed by atoms with Crippen LogP contribution in [0.3, 0.4) is 0 Å². The number of carbonyl (C=O) groups is 1. The van der Waals surface area contributed by atoms with Gasteiger partial charge in [0.1, 0.15) is 0 Å². The molecule has 5 rings (SSSR count). The van der Waals surface area contributed by atoms with Gasteiger partial charge in [0.25, 0.3) is 5.91 Å². The molecule has 7 nitrogen and oxygen atoms in total. The average Bonchev–Trinajstić information content (AvgIpc) is 3.50. The molecule has 1 saturated heterocycles. The number of benzene rings is 1. The number of hydrogen-bond donors (Lipinski definition) is 2. The number of rotatable bonds is 7. The lowest BCUT2D eigenvalue weighted by atomic mass is 10.1. The number of amides is 1. The molecule has 3 aromatic rings. The highest BCUT2D eigenvalue weighted by atomic mass is 32.1. The van der Waals surface area contributed by atoms with Crippen molar-refractivity contribution in [3.05, 3.63) is 41.6 Å². The summed E-state index contributed by atoms with van der Waals surface area (Å²) >= 11 is 1.68. The second-order valence-electron chi connectivity index (χ2n) is 8.87. The first-order chi connectivity index (χ1) is 15.6. The quantitative estimate of drug-likeness (QED) is 0.576. The number of thiophene rings is 1. The van der Waals surface area contributed by atoms with E-state index in [0.717, 1.165) is 83.9 Å². The molecule has 1 aromatic carbocycles. The molecule has 2 fully saturated rings. The maximum atomic E-state index is 12.7. The zero-order valence-electron chi connectivity index (χ0n) is 18.7. The van der Waals surface area contributed by atoms with Crippen LogP contribution in [0.25, 0.3) is 20.7 Å². The van der Waals surface area contributed by atoms with Gasteiger partial charge in [0.2, 0.25) is 5.95 Å². The molecule has 3 heterocycles. The van der Waals surface area contributed by atoms with Gasteiger partial charge in [0.05, 0.1) is 10.6 Å². The Labute approximate surface area is 192 Å². The van der Waals surface area contributed by atoms with E-state index in [1.807, 2.05) is 25.3 Å². The minimum atomic E-state index is 0.0214. The minimum Gasteiger partial charge on any atom is -0.353 e. The molecule has 1 amide bonds. The molecule has 2 aliphatic rings. The van der Waals surface area contributed by atoms with Crippen molar-refractivity contribution in [2.75, 3.05) is 51.6 Å². The van der Waals surface area contributed by atoms with E-state index in [-0.39, 0.29) is 5.91 Å². The van der Waals surface area contributed by atoms with Gasteiger partial charge in [-0.1, -0.05) is 6.07 Å². The fourth-order valence-corrected chi connectivity index (χ4v) is 5.18. The number of hydrogen-bond acceptors (Lipinski definition) is 7. The summed E-state index contributed by atoms with van der Waals surface area (Å²) in [6.07, 6.45) is 4.05. The Morgan fingerprint density at radius 3 is 2.81 bits per heavy atom. The number of aromatic nitrogens is 2. The zero-order valence-corrected chi connectivity index (χ0v) is 19.5. The average molecular weight is 451 g/mol. The van der Waals surface area contributed by atoms with Crippen LogP contribution in [0.15, 0.2) is 30.5 Å². The fraction of sp³-hybridized carbons (Fsp3) is 0.458. The van der Waals surface area contributed by atoms with E-state index in [0.29, 0.717) is 12.0 Å². The predicted molar refractivity (Wildman–Crippen MR) is 131 cm³/mol. The van der Waals surface area contributed by atoms with Crippen LogP contribution >= 0.6 is 11.3 Å². The number of nitrogens with zero attached hydrogens (tertiary/aromatic N) is 4. The number of carbonyl (C=O) groups excluding carboxylic acids is 1. The van der Waals surface area contributed by atoms with Crippen molar-refractivity contribution in [2.24, 2.45) is 0 Å². The maximum Gasteiger partial charge on any atom is 0.252 e. The molecular formula is C24H30N6OS. The largest absolute Gasteiger partial charge is 0.353 e. The van der Waals surface area contributed by atoms with Crippen LogP contribution in [0, 0.1) is 6.92 Å². The van der Waals surface area contributed by atoms with Crippen molar-refractivity contribution in [3.63, 3.8) is 0 Å². The van der Waals surface area contributed by atoms with Crippen molar-refractivity contribution in [1.29, 1.82) is 0 Å². The molecule has 1 aliphatic carbocycles. The Bertz CT molecular complexity index is 1120. The molecule has 168 valence electrons. The third-order valence-electron chi connectivity index (χ3n) is 6.23. The Hall–Kier alpha value is -2.55. The summed E-state index contributed by atoms with van der Waals surface area (Å²) in [4.78, 5) is 27.9. The first kappa shape index (κ1) is 21.3. The Morgan fingerprint density at radius 2 is 2.03 bits per heavy atom. The minimum absolute atomic E-state index is 0.0214. The Balaban J connectivity index is 1.32. The Kier molecular flexibility index (Phi) is 6.08. The van der Waals surface area contributed by atoms with Crippen LogP contribution < -0.4 is 10.6 Å². The molecule has 0 bridgehead atoms. The molecule has 0 radical (unpaired) electrons. The van der Waals surface area contributed by atoms with E-state index in [4.69, 9.17) is 4.98 Å². The molecule has 0 unspecified atom stereocenters. The summed E-state index contributed by atoms with van der Waals surface area (Å²) in [7, 11) is 2.17. The van der Waals surface area contributed by atoms with E-state index in [9.17, 15) is 4.79 Å². The summed E-state index contributed by atoms with van der Waals surface area (Å²) in [6.45, 7) is 8.31. The highest BCUT2D eigenvalue weighted by molar-refractivity contribution is 7.22. The second-order valence-corrected chi connectivity index (χ2v) is 9.96. The highest BCUT2D eigenvalue weighted by Gasteiger charge is 2.25. The molecule has 1 aliphatic heterocycles. The standard InChI is InChI=1S/C24H30N6OS/c1-16-15-26-24(25-8-9-30-12-10-29(2)11-13-30)28-22(16)21-14-19-18(4-3-5-20(19)32-21)23(31)27-17-6-7-17/h3-5,14-15,17H,6-13H2,1-2H3,(H,27,31)(H,25,26,28). The smallest absolute Gasteiger partial charge is 0.252 e. The van der Waals surface area contributed by atoms with Gasteiger partial charge >= 0.3 is 0 Å². The van der Waals surface area contributed by atoms with Gasteiger partial charge in [-0.05, 0) is 50.6 Å². The second kappa shape index (κ2) is 9.13. The molecule has 0 atom stereocenters. The number of piperazine rings is 1. The zero-order chi connectivity index (χ0) is 22.1. The lowest BCUT2D eigenvalue weighted by Gasteiger charge is -2.32. The monoisotopic (exact) mass is 450 g/mol. The predicted octanol–water partition coefficient (Wildman–Crippen LogP) is 3.22. The van der Waals surface area contributed by atoms with Gasteiger partial charge in [0, 0.05) is 67.2 Å². The van der Waals surface area contributed by atoms with E-state index >= 15 is 0 Å². The molecule has 2 aromatic heterocycles. The molecule has 32 heavy (non-hydrogen) atoms. The van der Waals surface area contributed by atoms with Crippen molar-refractivity contribution in [3.8, 4) is 10.6 Å². The summed E-state index contributed by atoms with van der Waals surface area (Å²) in [6, 6.07) is 8.39. The fourth-order valence-electron chi connectivity index (χ4n) is 4.04. The van der Waals surface area contributed by atoms with E-state index in [1.54, 1.807) is 11.3 Å². The SMILES string of the molecule is Cc1cnc(NCCN2CCN(C)CC2)nc1-c1cc2c(C(=O)NC3CC3)cccc2s1. The number of likely N-dealkylation sites (N-methyl/N-ethyl adjacent to an activating group) is 1. The van der Waals surface area contributed by atoms with Crippen LogP contribution in [-0.2, 0) is 0 Å². The van der Waals surface area contributed by atoms with Gasteiger partial charge in [-0.3, -0.25) is 9.69 Å². The van der Waals surface area contributed by atoms with Gasteiger partial charge in [-0.15, -0.1) is 11.3 Å². The molecule has 1 saturated carbocycles. The van der Waals surface area contributed by atoms with Crippen LogP contribution in [0.2, 0.25) is 0 Å². The number of aryl methyl sites for hydroxylation is 1. The normalized spacial score (nSPS) is 17.6. The lowest BCUT2D eigenvalue weighted by Crippen LogP contribution is -2.45. The molecule has 8 heteroatoms. The third-order valence-corrected chi connectivity index (χ3v) is 7.34. The van der Waals surface area contributed by atoms with Crippen LogP contribution in [0.5, 0.6) is 0 Å². The molecule has 0 spiro atoms. The third kappa shape index (κ3) is 4.77. The Morgan fingerprint density at radius 1 is 1.22 bits per heavy atom. The highest BCUT2D eigenvalue weighted by Crippen LogP contribution is 2.36. The molecule has 2 N–H and O–H groups in total. The van der Waals surface area contributed by atoms with Gasteiger partial charge in [0.15, 0.2) is 0 Å². The summed E-state index contributed by atoms with van der Waals surface area (Å²) in [5.41, 5.74) is 2.70. The van der Waals surface area contributed by atoms with Crippen LogP contribution in [0.4, 0.5) is 5.95 Å². The van der Waals surface area contributed by atoms with E-state index in [2.05, 4.69) is 44.6 Å². The van der Waals surface area contributed by atoms with Gasteiger partial charge in [-0.25, -0.2) is 9.97 Å². The number of nitrogens with one attached hydrogen (secondary N) is 2. The van der Waals surface area contributed by atoms with Crippen molar-refractivity contribution in [2.45, 2.75) is 25.8 Å². The van der Waals surface area contributed by atoms with E-state index < -0.39 is 0 Å². The van der Waals surface area contributed by atoms with Crippen molar-refractivity contribution < 1.29 is 4.79 Å². The summed E-state index contributed by atoms with van der Waals surface area (Å²) in [5, 5.41) is 7.50. The maximum absolute atomic E-state index is 12.7. The van der Waals surface area contributed by atoms with Gasteiger partial charge < -0.3 is 15.5 Å². The lowest BCUT2D eigenvalue weighted by molar-refractivity contribution is 0.0953. The topological polar surface area (TPSA) is 73.4 Å². The molecular weight excluding hydrogens is 420 g/mol. The number of anilines is 1. The van der Waals surface area contributed by atoms with E-state index in [1.165, 1.54) is 0 Å². The first-order valence-electron chi connectivity index (χ1n) is 11.4.